The second kappa shape index (κ2) is 8.39. The number of benzene rings is 1. The van der Waals surface area contributed by atoms with Crippen molar-refractivity contribution in [2.45, 2.75) is 39.5 Å². The van der Waals surface area contributed by atoms with Gasteiger partial charge in [0.25, 0.3) is 0 Å². The molecule has 0 spiro atoms. The summed E-state index contributed by atoms with van der Waals surface area (Å²) >= 11 is 0. The van der Waals surface area contributed by atoms with Crippen LogP contribution in [0, 0.1) is 0 Å². The van der Waals surface area contributed by atoms with Crippen LogP contribution in [0.4, 0.5) is 0 Å². The summed E-state index contributed by atoms with van der Waals surface area (Å²) in [5.74, 6) is 0.121. The molecule has 0 aliphatic heterocycles. The second-order valence-corrected chi connectivity index (χ2v) is 7.68. The van der Waals surface area contributed by atoms with Gasteiger partial charge >= 0.3 is 0 Å². The van der Waals surface area contributed by atoms with Crippen molar-refractivity contribution in [3.63, 3.8) is 0 Å². The zero-order valence-corrected chi connectivity index (χ0v) is 14.1. The Balaban J connectivity index is 2.90. The second-order valence-electron chi connectivity index (χ2n) is 4.86. The summed E-state index contributed by atoms with van der Waals surface area (Å²) in [7, 11) is 0.527. The molecular formula is C15H20O3P2. The van der Waals surface area contributed by atoms with E-state index in [0.29, 0.717) is 6.42 Å². The summed E-state index contributed by atoms with van der Waals surface area (Å²) in [5.41, 5.74) is 3.52. The van der Waals surface area contributed by atoms with Crippen molar-refractivity contribution in [1.82, 2.24) is 0 Å². The Labute approximate surface area is 123 Å². The molecule has 20 heavy (non-hydrogen) atoms. The highest BCUT2D eigenvalue weighted by Crippen LogP contribution is 2.25. The van der Waals surface area contributed by atoms with E-state index in [0.717, 1.165) is 29.0 Å². The van der Waals surface area contributed by atoms with Gasteiger partial charge < -0.3 is 0 Å². The molecule has 3 nitrogen and oxygen atoms in total. The lowest BCUT2D eigenvalue weighted by Crippen LogP contribution is -1.99. The number of rotatable bonds is 8. The van der Waals surface area contributed by atoms with E-state index < -0.39 is 0 Å². The number of carbonyl (C=O) groups excluding carboxylic acids is 3. The van der Waals surface area contributed by atoms with Crippen LogP contribution < -0.4 is 0 Å². The van der Waals surface area contributed by atoms with Crippen molar-refractivity contribution < 1.29 is 14.4 Å². The van der Waals surface area contributed by atoms with Crippen molar-refractivity contribution in [2.75, 3.05) is 0 Å². The number of hydrogen-bond donors (Lipinski definition) is 0. The molecule has 0 aliphatic carbocycles. The summed E-state index contributed by atoms with van der Waals surface area (Å²) in [6, 6.07) is 6.05. The van der Waals surface area contributed by atoms with Crippen LogP contribution in [-0.4, -0.2) is 16.8 Å². The van der Waals surface area contributed by atoms with Crippen LogP contribution in [0.3, 0.4) is 0 Å². The van der Waals surface area contributed by atoms with Gasteiger partial charge in [0, 0.05) is 6.42 Å². The SMILES string of the molecule is CC(=O)Cc1cc(CPC(C)=O)cc(CPC(C)=O)c1. The molecule has 0 saturated carbocycles. The third-order valence-electron chi connectivity index (χ3n) is 2.65. The highest BCUT2D eigenvalue weighted by molar-refractivity contribution is 7.57. The molecule has 0 aromatic heterocycles. The smallest absolute Gasteiger partial charge is 0.148 e. The normalized spacial score (nSPS) is 11.6. The third-order valence-corrected chi connectivity index (χ3v) is 4.81. The predicted molar refractivity (Wildman–Crippen MR) is 86.2 cm³/mol. The van der Waals surface area contributed by atoms with E-state index in [-0.39, 0.29) is 34.0 Å². The fraction of sp³-hybridized carbons (Fsp3) is 0.400. The number of carbonyl (C=O) groups is 3. The first kappa shape index (κ1) is 17.1. The zero-order valence-electron chi connectivity index (χ0n) is 12.1. The number of hydrogen-bond acceptors (Lipinski definition) is 3. The summed E-state index contributed by atoms with van der Waals surface area (Å²) in [6.07, 6.45) is 1.85. The molecule has 0 aliphatic rings. The van der Waals surface area contributed by atoms with Gasteiger partial charge in [0.1, 0.15) is 16.8 Å². The number of ketones is 1. The van der Waals surface area contributed by atoms with Crippen LogP contribution in [0.1, 0.15) is 37.5 Å². The Morgan fingerprint density at radius 2 is 1.20 bits per heavy atom. The van der Waals surface area contributed by atoms with Crippen molar-refractivity contribution in [3.05, 3.63) is 34.9 Å². The van der Waals surface area contributed by atoms with Gasteiger partial charge in [0.15, 0.2) is 0 Å². The Morgan fingerprint density at radius 3 is 1.55 bits per heavy atom. The van der Waals surface area contributed by atoms with Crippen molar-refractivity contribution in [3.8, 4) is 0 Å². The molecule has 1 rings (SSSR count). The first-order chi connectivity index (χ1) is 9.36. The lowest BCUT2D eigenvalue weighted by atomic mass is 10.0. The highest BCUT2D eigenvalue weighted by atomic mass is 31.1. The van der Waals surface area contributed by atoms with Crippen LogP contribution in [-0.2, 0) is 33.1 Å². The van der Waals surface area contributed by atoms with Gasteiger partial charge in [-0.1, -0.05) is 18.2 Å². The molecule has 1 aromatic rings. The highest BCUT2D eigenvalue weighted by Gasteiger charge is 2.06. The molecule has 108 valence electrons. The van der Waals surface area contributed by atoms with Crippen LogP contribution in [0.25, 0.3) is 0 Å². The van der Waals surface area contributed by atoms with Crippen LogP contribution >= 0.6 is 17.2 Å². The van der Waals surface area contributed by atoms with Gasteiger partial charge in [-0.25, -0.2) is 0 Å². The van der Waals surface area contributed by atoms with Gasteiger partial charge in [-0.3, -0.25) is 14.4 Å². The maximum Gasteiger partial charge on any atom is 0.148 e. The minimum Gasteiger partial charge on any atom is -0.300 e. The van der Waals surface area contributed by atoms with Gasteiger partial charge in [-0.05, 0) is 66.9 Å². The maximum atomic E-state index is 11.3. The van der Waals surface area contributed by atoms with Crippen LogP contribution in [0.5, 0.6) is 0 Å². The van der Waals surface area contributed by atoms with E-state index in [4.69, 9.17) is 0 Å². The van der Waals surface area contributed by atoms with Gasteiger partial charge in [0.05, 0.1) is 0 Å². The summed E-state index contributed by atoms with van der Waals surface area (Å²) in [6.45, 7) is 4.76. The fourth-order valence-electron chi connectivity index (χ4n) is 1.89. The molecule has 0 bridgehead atoms. The topological polar surface area (TPSA) is 51.2 Å². The molecule has 1 aromatic carbocycles. The Hall–Kier alpha value is -0.910. The van der Waals surface area contributed by atoms with Crippen molar-refractivity contribution >= 4 is 34.0 Å². The minimum absolute atomic E-state index is 0.121. The average Bonchev–Trinajstić information content (AvgIpc) is 2.33. The quantitative estimate of drug-likeness (QED) is 0.692. The first-order valence-electron chi connectivity index (χ1n) is 6.47. The van der Waals surface area contributed by atoms with Gasteiger partial charge in [-0.15, -0.1) is 0 Å². The predicted octanol–water partition coefficient (Wildman–Crippen LogP) is 3.27. The Morgan fingerprint density at radius 1 is 0.800 bits per heavy atom. The minimum atomic E-state index is 0.121. The van der Waals surface area contributed by atoms with E-state index in [2.05, 4.69) is 6.07 Å². The Bertz CT molecular complexity index is 488. The van der Waals surface area contributed by atoms with Gasteiger partial charge in [0.2, 0.25) is 0 Å². The summed E-state index contributed by atoms with van der Waals surface area (Å²) in [4.78, 5) is 33.5. The van der Waals surface area contributed by atoms with E-state index in [1.165, 1.54) is 0 Å². The molecule has 0 N–H and O–H groups in total. The lowest BCUT2D eigenvalue weighted by Gasteiger charge is -2.08. The summed E-state index contributed by atoms with van der Waals surface area (Å²) < 4.78 is 0. The molecule has 5 heteroatoms. The van der Waals surface area contributed by atoms with Crippen molar-refractivity contribution in [1.29, 1.82) is 0 Å². The standard InChI is InChI=1S/C15H20O3P2/c1-10(16)4-13-5-14(8-19-11(2)17)7-15(6-13)9-20-12(3)18/h5-7,19-20H,4,8-9H2,1-3H3. The van der Waals surface area contributed by atoms with Crippen molar-refractivity contribution in [2.24, 2.45) is 0 Å². The van der Waals surface area contributed by atoms with E-state index in [9.17, 15) is 14.4 Å². The molecule has 2 atom stereocenters. The van der Waals surface area contributed by atoms with Gasteiger partial charge in [-0.2, -0.15) is 0 Å². The largest absolute Gasteiger partial charge is 0.300 e. The van der Waals surface area contributed by atoms with E-state index in [1.54, 1.807) is 20.8 Å². The summed E-state index contributed by atoms with van der Waals surface area (Å²) in [5, 5.41) is 0. The Kier molecular flexibility index (Phi) is 7.19. The average molecular weight is 310 g/mol. The van der Waals surface area contributed by atoms with Crippen LogP contribution in [0.2, 0.25) is 0 Å². The monoisotopic (exact) mass is 310 g/mol. The van der Waals surface area contributed by atoms with E-state index in [1.807, 2.05) is 12.1 Å². The lowest BCUT2D eigenvalue weighted by molar-refractivity contribution is -0.116. The van der Waals surface area contributed by atoms with Crippen LogP contribution in [0.15, 0.2) is 18.2 Å². The maximum absolute atomic E-state index is 11.3. The third kappa shape index (κ3) is 7.03. The number of Topliss-reactive ketones (excluding diaryl/α,β-unsaturated/α-hetero) is 1. The molecule has 0 fully saturated rings. The molecule has 0 amide bonds. The fourth-order valence-corrected chi connectivity index (χ4v) is 3.20. The molecule has 2 unspecified atom stereocenters. The molecule has 0 saturated heterocycles. The molecular weight excluding hydrogens is 290 g/mol. The molecule has 0 heterocycles. The zero-order chi connectivity index (χ0) is 15.1. The molecule has 0 radical (unpaired) electrons. The first-order valence-corrected chi connectivity index (χ1v) is 8.88. The van der Waals surface area contributed by atoms with E-state index >= 15 is 0 Å².